The predicted molar refractivity (Wildman–Crippen MR) is 56.5 cm³/mol. The Bertz CT molecular complexity index is 527. The summed E-state index contributed by atoms with van der Waals surface area (Å²) in [5.41, 5.74) is 0.0795. The van der Waals surface area contributed by atoms with Gasteiger partial charge in [0.15, 0.2) is 0 Å². The Morgan fingerprint density at radius 2 is 1.80 bits per heavy atom. The summed E-state index contributed by atoms with van der Waals surface area (Å²) in [5.74, 6) is -0.651. The van der Waals surface area contributed by atoms with E-state index in [0.29, 0.717) is 0 Å². The van der Waals surface area contributed by atoms with Crippen molar-refractivity contribution in [2.75, 3.05) is 0 Å². The van der Waals surface area contributed by atoms with E-state index in [9.17, 15) is 26.3 Å². The molecule has 110 valence electrons. The number of nitriles is 1. The van der Waals surface area contributed by atoms with Crippen LogP contribution in [-0.2, 0) is 4.74 Å². The van der Waals surface area contributed by atoms with Crippen LogP contribution in [0.4, 0.5) is 26.3 Å². The average molecular weight is 364 g/mol. The summed E-state index contributed by atoms with van der Waals surface area (Å²) >= 11 is 2.76. The Balaban J connectivity index is 2.88. The first-order chi connectivity index (χ1) is 9.05. The van der Waals surface area contributed by atoms with Crippen LogP contribution in [0.1, 0.15) is 5.56 Å². The second kappa shape index (κ2) is 5.88. The molecule has 0 spiro atoms. The van der Waals surface area contributed by atoms with Crippen molar-refractivity contribution in [1.82, 2.24) is 0 Å². The van der Waals surface area contributed by atoms with E-state index in [-0.39, 0.29) is 10.0 Å². The van der Waals surface area contributed by atoms with Crippen molar-refractivity contribution in [2.24, 2.45) is 0 Å². The Morgan fingerprint density at radius 3 is 2.25 bits per heavy atom. The Hall–Kier alpha value is -1.47. The molecule has 0 heterocycles. The third kappa shape index (κ3) is 4.57. The summed E-state index contributed by atoms with van der Waals surface area (Å²) in [6, 6.07) is 4.70. The van der Waals surface area contributed by atoms with Crippen LogP contribution in [0.25, 0.3) is 0 Å². The van der Waals surface area contributed by atoms with Crippen LogP contribution in [0.3, 0.4) is 0 Å². The van der Waals surface area contributed by atoms with Crippen LogP contribution in [0, 0.1) is 11.3 Å². The van der Waals surface area contributed by atoms with Gasteiger partial charge in [0.25, 0.3) is 0 Å². The maximum absolute atomic E-state index is 13.1. The van der Waals surface area contributed by atoms with E-state index in [2.05, 4.69) is 25.4 Å². The lowest BCUT2D eigenvalue weighted by Crippen LogP contribution is -2.41. The molecule has 0 aliphatic rings. The van der Waals surface area contributed by atoms with Gasteiger partial charge < -0.3 is 4.74 Å². The van der Waals surface area contributed by atoms with Crippen molar-refractivity contribution in [2.45, 2.75) is 18.8 Å². The molecular formula is C10H4BrF6NO2. The summed E-state index contributed by atoms with van der Waals surface area (Å²) in [5, 5.41) is 8.54. The summed E-state index contributed by atoms with van der Waals surface area (Å²) in [7, 11) is 0. The number of ether oxygens (including phenoxy) is 2. The van der Waals surface area contributed by atoms with Gasteiger partial charge >= 0.3 is 18.8 Å². The molecule has 10 heteroatoms. The zero-order valence-electron chi connectivity index (χ0n) is 9.22. The number of rotatable bonds is 4. The van der Waals surface area contributed by atoms with Gasteiger partial charge in [-0.2, -0.15) is 14.0 Å². The van der Waals surface area contributed by atoms with Gasteiger partial charge in [-0.25, -0.2) is 9.13 Å². The highest BCUT2D eigenvalue weighted by Gasteiger charge is 2.50. The molecule has 0 bridgehead atoms. The molecule has 0 radical (unpaired) electrons. The minimum atomic E-state index is -5.58. The molecule has 20 heavy (non-hydrogen) atoms. The maximum atomic E-state index is 13.1. The van der Waals surface area contributed by atoms with Crippen molar-refractivity contribution in [3.05, 3.63) is 28.2 Å². The largest absolute Gasteiger partial charge is 0.525 e. The van der Waals surface area contributed by atoms with Crippen molar-refractivity contribution in [1.29, 1.82) is 5.26 Å². The monoisotopic (exact) mass is 363 g/mol. The second-order valence-corrected chi connectivity index (χ2v) is 4.15. The van der Waals surface area contributed by atoms with Gasteiger partial charge in [-0.05, 0) is 34.1 Å². The molecule has 1 aromatic rings. The Morgan fingerprint density at radius 1 is 1.20 bits per heavy atom. The Kier molecular flexibility index (Phi) is 4.88. The molecule has 0 N–H and O–H groups in total. The van der Waals surface area contributed by atoms with Gasteiger partial charge in [0.1, 0.15) is 5.75 Å². The molecule has 0 amide bonds. The van der Waals surface area contributed by atoms with Crippen molar-refractivity contribution < 1.29 is 35.8 Å². The average Bonchev–Trinajstić information content (AvgIpc) is 2.29. The highest BCUT2D eigenvalue weighted by Crippen LogP contribution is 2.35. The molecule has 0 saturated carbocycles. The number of benzene rings is 1. The van der Waals surface area contributed by atoms with Gasteiger partial charge in [0, 0.05) is 0 Å². The smallest absolute Gasteiger partial charge is 0.427 e. The molecule has 1 aromatic carbocycles. The van der Waals surface area contributed by atoms with Crippen LogP contribution in [0.5, 0.6) is 5.75 Å². The summed E-state index contributed by atoms with van der Waals surface area (Å²) in [6.45, 7) is 0. The van der Waals surface area contributed by atoms with Crippen LogP contribution in [-0.4, -0.2) is 18.8 Å². The lowest BCUT2D eigenvalue weighted by Gasteiger charge is -2.22. The molecule has 1 atom stereocenters. The number of halogens is 7. The van der Waals surface area contributed by atoms with Gasteiger partial charge in [-0.15, -0.1) is 13.2 Å². The fourth-order valence-corrected chi connectivity index (χ4v) is 1.49. The molecule has 0 fully saturated rings. The standard InChI is InChI=1S/C10H4BrF6NO2/c11-6-3-5(4-18)1-2-7(6)19-9(13,14)8(12)20-10(15,16)17/h1-3,8H/t8-/m0/s1. The normalized spacial score (nSPS) is 13.7. The third-order valence-corrected chi connectivity index (χ3v) is 2.43. The number of hydrogen-bond acceptors (Lipinski definition) is 3. The van der Waals surface area contributed by atoms with Crippen molar-refractivity contribution >= 4 is 15.9 Å². The van der Waals surface area contributed by atoms with E-state index >= 15 is 0 Å². The minimum absolute atomic E-state index is 0.0795. The molecule has 0 aliphatic carbocycles. The topological polar surface area (TPSA) is 42.2 Å². The van der Waals surface area contributed by atoms with Gasteiger partial charge in [0.2, 0.25) is 0 Å². The van der Waals surface area contributed by atoms with Gasteiger partial charge in [-0.3, -0.25) is 0 Å². The molecule has 0 unspecified atom stereocenters. The zero-order valence-corrected chi connectivity index (χ0v) is 10.8. The van der Waals surface area contributed by atoms with Gasteiger partial charge in [-0.1, -0.05) is 0 Å². The van der Waals surface area contributed by atoms with Crippen molar-refractivity contribution in [3.8, 4) is 11.8 Å². The highest BCUT2D eigenvalue weighted by atomic mass is 79.9. The summed E-state index contributed by atoms with van der Waals surface area (Å²) in [6.07, 6.45) is -14.5. The summed E-state index contributed by atoms with van der Waals surface area (Å²) < 4.78 is 80.1. The lowest BCUT2D eigenvalue weighted by atomic mass is 10.2. The van der Waals surface area contributed by atoms with Gasteiger partial charge in [0.05, 0.1) is 16.1 Å². The van der Waals surface area contributed by atoms with Crippen LogP contribution >= 0.6 is 15.9 Å². The molecular weight excluding hydrogens is 360 g/mol. The van der Waals surface area contributed by atoms with E-state index < -0.39 is 24.6 Å². The first-order valence-corrected chi connectivity index (χ1v) is 5.49. The zero-order chi connectivity index (χ0) is 15.6. The fourth-order valence-electron chi connectivity index (χ4n) is 1.03. The lowest BCUT2D eigenvalue weighted by molar-refractivity contribution is -0.411. The van der Waals surface area contributed by atoms with E-state index in [1.165, 1.54) is 0 Å². The SMILES string of the molecule is N#Cc1ccc(OC(F)(F)[C@@H](F)OC(F)(F)F)c(Br)c1. The van der Waals surface area contributed by atoms with Crippen LogP contribution in [0.15, 0.2) is 22.7 Å². The predicted octanol–water partition coefficient (Wildman–Crippen LogP) is 4.12. The molecule has 0 aliphatic heterocycles. The third-order valence-electron chi connectivity index (χ3n) is 1.81. The van der Waals surface area contributed by atoms with E-state index in [4.69, 9.17) is 5.26 Å². The molecule has 0 saturated heterocycles. The second-order valence-electron chi connectivity index (χ2n) is 3.30. The molecule has 1 rings (SSSR count). The first-order valence-electron chi connectivity index (χ1n) is 4.70. The number of hydrogen-bond donors (Lipinski definition) is 0. The number of alkyl halides is 6. The maximum Gasteiger partial charge on any atom is 0.525 e. The quantitative estimate of drug-likeness (QED) is 0.755. The van der Waals surface area contributed by atoms with Crippen LogP contribution in [0.2, 0.25) is 0 Å². The summed E-state index contributed by atoms with van der Waals surface area (Å²) in [4.78, 5) is 0. The molecule has 0 aromatic heterocycles. The molecule has 3 nitrogen and oxygen atoms in total. The first kappa shape index (κ1) is 16.6. The van der Waals surface area contributed by atoms with Crippen LogP contribution < -0.4 is 4.74 Å². The van der Waals surface area contributed by atoms with E-state index in [1.54, 1.807) is 6.07 Å². The number of nitrogens with zero attached hydrogens (tertiary/aromatic N) is 1. The Labute approximate surface area is 116 Å². The fraction of sp³-hybridized carbons (Fsp3) is 0.300. The van der Waals surface area contributed by atoms with Crippen molar-refractivity contribution in [3.63, 3.8) is 0 Å². The van der Waals surface area contributed by atoms with E-state index in [0.717, 1.165) is 18.2 Å². The minimum Gasteiger partial charge on any atom is -0.427 e. The van der Waals surface area contributed by atoms with E-state index in [1.807, 2.05) is 0 Å². The highest BCUT2D eigenvalue weighted by molar-refractivity contribution is 9.10.